The molecule has 2 heterocycles. The number of fused-ring (bicyclic) bond motifs is 5. The van der Waals surface area contributed by atoms with Gasteiger partial charge in [-0.1, -0.05) is 84.4 Å². The van der Waals surface area contributed by atoms with Gasteiger partial charge in [0.15, 0.2) is 17.3 Å². The summed E-state index contributed by atoms with van der Waals surface area (Å²) in [6.45, 7) is 4.18. The molecule has 7 rings (SSSR count). The number of anilines is 1. The van der Waals surface area contributed by atoms with Gasteiger partial charge in [0.2, 0.25) is 0 Å². The van der Waals surface area contributed by atoms with Gasteiger partial charge < -0.3 is 9.64 Å². The van der Waals surface area contributed by atoms with Crippen LogP contribution in [-0.4, -0.2) is 36.0 Å². The molecule has 0 radical (unpaired) electrons. The topological polar surface area (TPSA) is 63.7 Å². The fraction of sp³-hybridized carbons (Fsp3) is 0.194. The largest absolute Gasteiger partial charge is 0.494 e. The van der Waals surface area contributed by atoms with Gasteiger partial charge in [0.25, 0.3) is 0 Å². The Balaban J connectivity index is 1.56. The molecule has 42 heavy (non-hydrogen) atoms. The maximum Gasteiger partial charge on any atom is 0.185 e. The number of para-hydroxylation sites is 1. The summed E-state index contributed by atoms with van der Waals surface area (Å²) in [5.41, 5.74) is 2.32. The molecule has 0 N–H and O–H groups in total. The van der Waals surface area contributed by atoms with Crippen molar-refractivity contribution in [2.24, 2.45) is 5.41 Å². The van der Waals surface area contributed by atoms with Crippen molar-refractivity contribution in [3.63, 3.8) is 0 Å². The number of carbonyl (C=O) groups is 3. The van der Waals surface area contributed by atoms with Crippen molar-refractivity contribution < 1.29 is 23.5 Å². The molecular formula is C36H28FNO4. The lowest BCUT2D eigenvalue weighted by atomic mass is 9.64. The summed E-state index contributed by atoms with van der Waals surface area (Å²) in [5.74, 6) is -1.65. The van der Waals surface area contributed by atoms with E-state index in [1.807, 2.05) is 55.1 Å². The van der Waals surface area contributed by atoms with Crippen molar-refractivity contribution in [1.82, 2.24) is 0 Å². The highest BCUT2D eigenvalue weighted by Gasteiger charge is 2.71. The smallest absolute Gasteiger partial charge is 0.185 e. The van der Waals surface area contributed by atoms with E-state index in [4.69, 9.17) is 4.74 Å². The zero-order valence-electron chi connectivity index (χ0n) is 23.2. The van der Waals surface area contributed by atoms with Crippen LogP contribution in [0.15, 0.2) is 97.1 Å². The Morgan fingerprint density at radius 1 is 0.905 bits per heavy atom. The first-order valence-corrected chi connectivity index (χ1v) is 14.1. The first-order valence-electron chi connectivity index (χ1n) is 14.1. The molecule has 3 aliphatic rings. The fourth-order valence-electron chi connectivity index (χ4n) is 7.20. The average molecular weight is 558 g/mol. The lowest BCUT2D eigenvalue weighted by Gasteiger charge is -2.37. The van der Waals surface area contributed by atoms with Gasteiger partial charge in [-0.3, -0.25) is 14.4 Å². The van der Waals surface area contributed by atoms with Crippen LogP contribution in [0.2, 0.25) is 0 Å². The van der Waals surface area contributed by atoms with E-state index < -0.39 is 29.2 Å². The molecule has 4 aromatic carbocycles. The quantitative estimate of drug-likeness (QED) is 0.198. The van der Waals surface area contributed by atoms with Gasteiger partial charge in [0, 0.05) is 39.4 Å². The Morgan fingerprint density at radius 3 is 2.26 bits per heavy atom. The molecular weight excluding hydrogens is 529 g/mol. The molecule has 2 aliphatic heterocycles. The summed E-state index contributed by atoms with van der Waals surface area (Å²) in [6, 6.07) is 24.2. The van der Waals surface area contributed by atoms with Crippen LogP contribution < -0.4 is 9.64 Å². The predicted octanol–water partition coefficient (Wildman–Crippen LogP) is 6.85. The lowest BCUT2D eigenvalue weighted by Crippen LogP contribution is -2.48. The summed E-state index contributed by atoms with van der Waals surface area (Å²) in [5, 5.41) is 0. The second-order valence-corrected chi connectivity index (χ2v) is 11.1. The van der Waals surface area contributed by atoms with Crippen LogP contribution >= 0.6 is 0 Å². The Labute approximate surface area is 243 Å². The summed E-state index contributed by atoms with van der Waals surface area (Å²) in [4.78, 5) is 46.2. The monoisotopic (exact) mass is 557 g/mol. The summed E-state index contributed by atoms with van der Waals surface area (Å²) < 4.78 is 20.5. The van der Waals surface area contributed by atoms with Crippen LogP contribution in [0, 0.1) is 18.2 Å². The maximum absolute atomic E-state index is 14.8. The maximum atomic E-state index is 14.8. The highest BCUT2D eigenvalue weighted by Crippen LogP contribution is 2.62. The average Bonchev–Trinajstić information content (AvgIpc) is 3.43. The van der Waals surface area contributed by atoms with Crippen LogP contribution in [-0.2, 0) is 0 Å². The van der Waals surface area contributed by atoms with Crippen LogP contribution in [0.25, 0.3) is 6.08 Å². The van der Waals surface area contributed by atoms with E-state index in [-0.39, 0.29) is 17.3 Å². The summed E-state index contributed by atoms with van der Waals surface area (Å²) >= 11 is 0. The molecule has 208 valence electrons. The van der Waals surface area contributed by atoms with Crippen LogP contribution in [0.4, 0.5) is 10.1 Å². The van der Waals surface area contributed by atoms with Crippen molar-refractivity contribution in [2.75, 3.05) is 11.5 Å². The van der Waals surface area contributed by atoms with Crippen LogP contribution in [0.3, 0.4) is 0 Å². The lowest BCUT2D eigenvalue weighted by molar-refractivity contribution is 0.0664. The summed E-state index contributed by atoms with van der Waals surface area (Å²) in [6.07, 6.45) is 3.55. The standard InChI is InChI=1S/C36H28FNO4/c1-3-42-29-11-7-6-10-27(29)31-32(33(39)22-14-12-21(2)13-15-22)38-28-18-17-24(37)20-23(28)16-19-30(38)36(31)34(40)25-8-4-5-9-26(25)35(36)41/h4-20,30-32H,3H2,1-2H3/t30-,31+,32+/m0/s1. The van der Waals surface area contributed by atoms with Crippen LogP contribution in [0.1, 0.15) is 60.6 Å². The molecule has 0 aromatic heterocycles. The number of aryl methyl sites for hydroxylation is 1. The fourth-order valence-corrected chi connectivity index (χ4v) is 7.20. The molecule has 1 aliphatic carbocycles. The molecule has 0 saturated carbocycles. The van der Waals surface area contributed by atoms with Gasteiger partial charge in [0.1, 0.15) is 23.0 Å². The van der Waals surface area contributed by atoms with Crippen molar-refractivity contribution in [3.05, 3.63) is 136 Å². The van der Waals surface area contributed by atoms with Crippen molar-refractivity contribution >= 4 is 29.1 Å². The number of carbonyl (C=O) groups excluding carboxylic acids is 3. The van der Waals surface area contributed by atoms with E-state index >= 15 is 0 Å². The molecule has 0 unspecified atom stereocenters. The first kappa shape index (κ1) is 26.1. The second-order valence-electron chi connectivity index (χ2n) is 11.1. The number of halogens is 1. The van der Waals surface area contributed by atoms with Gasteiger partial charge in [-0.15, -0.1) is 0 Å². The highest BCUT2D eigenvalue weighted by molar-refractivity contribution is 6.32. The van der Waals surface area contributed by atoms with E-state index in [1.165, 1.54) is 12.1 Å². The molecule has 0 bridgehead atoms. The minimum Gasteiger partial charge on any atom is -0.494 e. The number of hydrogen-bond donors (Lipinski definition) is 0. The van der Waals surface area contributed by atoms with Gasteiger partial charge in [0.05, 0.1) is 12.6 Å². The van der Waals surface area contributed by atoms with Gasteiger partial charge in [-0.25, -0.2) is 4.39 Å². The Kier molecular flexibility index (Phi) is 5.98. The second kappa shape index (κ2) is 9.62. The van der Waals surface area contributed by atoms with Gasteiger partial charge in [-0.2, -0.15) is 0 Å². The van der Waals surface area contributed by atoms with Crippen molar-refractivity contribution in [1.29, 1.82) is 0 Å². The number of benzene rings is 4. The highest BCUT2D eigenvalue weighted by atomic mass is 19.1. The molecule has 3 atom stereocenters. The molecule has 0 amide bonds. The van der Waals surface area contributed by atoms with Crippen molar-refractivity contribution in [2.45, 2.75) is 31.8 Å². The number of rotatable bonds is 5. The van der Waals surface area contributed by atoms with E-state index in [1.54, 1.807) is 54.6 Å². The Bertz CT molecular complexity index is 1770. The molecule has 1 fully saturated rings. The van der Waals surface area contributed by atoms with E-state index in [2.05, 4.69) is 0 Å². The predicted molar refractivity (Wildman–Crippen MR) is 159 cm³/mol. The molecule has 1 saturated heterocycles. The zero-order chi connectivity index (χ0) is 29.2. The van der Waals surface area contributed by atoms with Crippen LogP contribution in [0.5, 0.6) is 5.75 Å². The Morgan fingerprint density at radius 2 is 1.57 bits per heavy atom. The third-order valence-electron chi connectivity index (χ3n) is 8.92. The number of Topliss-reactive ketones (excluding diaryl/α,β-unsaturated/α-hetero) is 3. The van der Waals surface area contributed by atoms with Crippen molar-refractivity contribution in [3.8, 4) is 5.75 Å². The number of hydrogen-bond acceptors (Lipinski definition) is 5. The van der Waals surface area contributed by atoms with Gasteiger partial charge in [-0.05, 0) is 38.1 Å². The zero-order valence-corrected chi connectivity index (χ0v) is 23.2. The van der Waals surface area contributed by atoms with E-state index in [0.717, 1.165) is 5.56 Å². The summed E-state index contributed by atoms with van der Waals surface area (Å²) in [7, 11) is 0. The molecule has 5 nitrogen and oxygen atoms in total. The minimum atomic E-state index is -1.65. The van der Waals surface area contributed by atoms with Gasteiger partial charge >= 0.3 is 0 Å². The number of ketones is 3. The normalized spacial score (nSPS) is 21.3. The molecule has 6 heteroatoms. The van der Waals surface area contributed by atoms with E-state index in [9.17, 15) is 18.8 Å². The third-order valence-corrected chi connectivity index (χ3v) is 8.92. The number of ether oxygens (including phenoxy) is 1. The van der Waals surface area contributed by atoms with E-state index in [0.29, 0.717) is 45.9 Å². The number of nitrogens with zero attached hydrogens (tertiary/aromatic N) is 1. The minimum absolute atomic E-state index is 0.227. The molecule has 1 spiro atoms. The molecule has 4 aromatic rings. The third kappa shape index (κ3) is 3.51. The SMILES string of the molecule is CCOc1ccccc1[C@@H]1[C@H](C(=O)c2ccc(C)cc2)N2c3ccc(F)cc3C=C[C@H]2C12C(=O)c1ccccc1C2=O. The first-order chi connectivity index (χ1) is 20.4. The Hall–Kier alpha value is -4.84.